The van der Waals surface area contributed by atoms with Gasteiger partial charge in [-0.1, -0.05) is 41.2 Å². The molecule has 0 saturated heterocycles. The molecule has 0 amide bonds. The van der Waals surface area contributed by atoms with E-state index in [1.54, 1.807) is 39.8 Å². The Bertz CT molecular complexity index is 1640. The lowest BCUT2D eigenvalue weighted by Gasteiger charge is -2.24. The fourth-order valence-electron chi connectivity index (χ4n) is 4.18. The number of ether oxygens (including phenoxy) is 2. The van der Waals surface area contributed by atoms with E-state index in [4.69, 9.17) is 9.47 Å². The molecule has 0 bridgehead atoms. The summed E-state index contributed by atoms with van der Waals surface area (Å²) in [6.07, 6.45) is 1.31. The van der Waals surface area contributed by atoms with Crippen molar-refractivity contribution >= 4 is 45.0 Å². The minimum atomic E-state index is -0.726. The van der Waals surface area contributed by atoms with Crippen LogP contribution in [0.1, 0.15) is 50.4 Å². The number of hydrogen-bond acceptors (Lipinski definition) is 8. The Kier molecular flexibility index (Phi) is 7.98. The van der Waals surface area contributed by atoms with Gasteiger partial charge in [0.1, 0.15) is 0 Å². The second kappa shape index (κ2) is 11.0. The van der Waals surface area contributed by atoms with Crippen LogP contribution in [0.25, 0.3) is 6.08 Å². The molecule has 38 heavy (non-hydrogen) atoms. The third-order valence-electron chi connectivity index (χ3n) is 5.80. The normalized spacial score (nSPS) is 15.3. The Morgan fingerprint density at radius 1 is 1.26 bits per heavy atom. The number of rotatable bonds is 7. The van der Waals surface area contributed by atoms with Crippen molar-refractivity contribution in [1.29, 1.82) is 0 Å². The lowest BCUT2D eigenvalue weighted by atomic mass is 9.95. The zero-order valence-corrected chi connectivity index (χ0v) is 23.9. The number of hydrogen-bond donors (Lipinski definition) is 0. The van der Waals surface area contributed by atoms with Crippen molar-refractivity contribution in [1.82, 2.24) is 4.57 Å². The highest BCUT2D eigenvalue weighted by Gasteiger charge is 2.33. The standard InChI is InChI=1S/C27H26BrN3O6S/c1-6-36-26(33)22-16(5)29-27-30(23(22)18-9-7-15(4)8-10-18)25(32)21(38-27)13-17-11-19(28)24(37-14(2)3)20(12-17)31(34)35/h7-14,23H,6H2,1-5H3/b21-13-/t23-/m1/s1. The van der Waals surface area contributed by atoms with Crippen LogP contribution < -0.4 is 19.6 Å². The summed E-state index contributed by atoms with van der Waals surface area (Å²) in [6.45, 7) is 9.14. The second-order valence-electron chi connectivity index (χ2n) is 8.99. The Balaban J connectivity index is 1.93. The van der Waals surface area contributed by atoms with Gasteiger partial charge in [-0.05, 0) is 73.8 Å². The van der Waals surface area contributed by atoms with E-state index in [-0.39, 0.29) is 29.7 Å². The van der Waals surface area contributed by atoms with Gasteiger partial charge in [-0.2, -0.15) is 0 Å². The molecule has 1 aliphatic rings. The third-order valence-corrected chi connectivity index (χ3v) is 7.38. The van der Waals surface area contributed by atoms with Gasteiger partial charge in [-0.25, -0.2) is 9.79 Å². The fraction of sp³-hybridized carbons (Fsp3) is 0.296. The number of nitrogens with zero attached hydrogens (tertiary/aromatic N) is 3. The van der Waals surface area contributed by atoms with Crippen molar-refractivity contribution in [2.45, 2.75) is 46.8 Å². The van der Waals surface area contributed by atoms with Crippen LogP contribution in [0, 0.1) is 17.0 Å². The molecule has 0 fully saturated rings. The number of carbonyl (C=O) groups is 1. The molecule has 0 saturated carbocycles. The molecule has 0 spiro atoms. The van der Waals surface area contributed by atoms with Gasteiger partial charge in [0.05, 0.1) is 44.0 Å². The van der Waals surface area contributed by atoms with Gasteiger partial charge in [0.2, 0.25) is 5.75 Å². The van der Waals surface area contributed by atoms with E-state index in [2.05, 4.69) is 20.9 Å². The molecular weight excluding hydrogens is 574 g/mol. The van der Waals surface area contributed by atoms with E-state index >= 15 is 0 Å². The molecule has 0 radical (unpaired) electrons. The maximum Gasteiger partial charge on any atom is 0.338 e. The molecule has 1 aromatic heterocycles. The molecule has 4 rings (SSSR count). The van der Waals surface area contributed by atoms with Gasteiger partial charge in [-0.3, -0.25) is 19.5 Å². The Labute approximate surface area is 231 Å². The predicted molar refractivity (Wildman–Crippen MR) is 148 cm³/mol. The van der Waals surface area contributed by atoms with E-state index in [9.17, 15) is 19.7 Å². The first-order valence-corrected chi connectivity index (χ1v) is 13.5. The number of thiazole rings is 1. The smallest absolute Gasteiger partial charge is 0.338 e. The monoisotopic (exact) mass is 599 g/mol. The first-order valence-electron chi connectivity index (χ1n) is 11.9. The van der Waals surface area contributed by atoms with Crippen LogP contribution in [0.2, 0.25) is 0 Å². The van der Waals surface area contributed by atoms with Gasteiger partial charge in [0, 0.05) is 6.07 Å². The Hall–Kier alpha value is -3.57. The van der Waals surface area contributed by atoms with Gasteiger partial charge >= 0.3 is 11.7 Å². The van der Waals surface area contributed by atoms with Crippen LogP contribution in [0.3, 0.4) is 0 Å². The highest BCUT2D eigenvalue weighted by molar-refractivity contribution is 9.10. The van der Waals surface area contributed by atoms with Crippen LogP contribution in [-0.4, -0.2) is 28.2 Å². The summed E-state index contributed by atoms with van der Waals surface area (Å²) in [5.41, 5.74) is 2.41. The van der Waals surface area contributed by atoms with E-state index < -0.39 is 16.9 Å². The van der Waals surface area contributed by atoms with E-state index in [1.807, 2.05) is 31.2 Å². The van der Waals surface area contributed by atoms with Crippen LogP contribution in [0.5, 0.6) is 5.75 Å². The summed E-state index contributed by atoms with van der Waals surface area (Å²) in [7, 11) is 0. The van der Waals surface area contributed by atoms with Crippen molar-refractivity contribution in [2.75, 3.05) is 6.61 Å². The third kappa shape index (κ3) is 5.34. The summed E-state index contributed by atoms with van der Waals surface area (Å²) in [6, 6.07) is 9.90. The number of esters is 1. The lowest BCUT2D eigenvalue weighted by Crippen LogP contribution is -2.39. The fourth-order valence-corrected chi connectivity index (χ4v) is 5.79. The molecule has 2 aromatic carbocycles. The molecule has 1 atom stereocenters. The zero-order chi connectivity index (χ0) is 27.7. The molecule has 198 valence electrons. The maximum absolute atomic E-state index is 13.8. The molecule has 9 nitrogen and oxygen atoms in total. The number of benzene rings is 2. The molecule has 0 N–H and O–H groups in total. The van der Waals surface area contributed by atoms with Gasteiger partial charge in [0.15, 0.2) is 4.80 Å². The molecule has 11 heteroatoms. The van der Waals surface area contributed by atoms with Crippen molar-refractivity contribution < 1.29 is 19.2 Å². The predicted octanol–water partition coefficient (Wildman–Crippen LogP) is 4.56. The van der Waals surface area contributed by atoms with E-state index in [1.165, 1.54) is 10.6 Å². The highest BCUT2D eigenvalue weighted by atomic mass is 79.9. The Morgan fingerprint density at radius 2 is 1.95 bits per heavy atom. The Morgan fingerprint density at radius 3 is 2.55 bits per heavy atom. The van der Waals surface area contributed by atoms with E-state index in [0.29, 0.717) is 30.6 Å². The minimum Gasteiger partial charge on any atom is -0.483 e. The number of allylic oxidation sites excluding steroid dienone is 1. The topological polar surface area (TPSA) is 113 Å². The largest absolute Gasteiger partial charge is 0.483 e. The van der Waals surface area contributed by atoms with Crippen molar-refractivity contribution in [3.8, 4) is 5.75 Å². The van der Waals surface area contributed by atoms with Gasteiger partial charge in [0.25, 0.3) is 5.56 Å². The summed E-state index contributed by atoms with van der Waals surface area (Å²) >= 11 is 4.52. The number of aryl methyl sites for hydroxylation is 1. The zero-order valence-electron chi connectivity index (χ0n) is 21.5. The lowest BCUT2D eigenvalue weighted by molar-refractivity contribution is -0.386. The van der Waals surface area contributed by atoms with Crippen LogP contribution in [0.15, 0.2) is 61.9 Å². The molecule has 0 unspecified atom stereocenters. The molecule has 1 aliphatic heterocycles. The SMILES string of the molecule is CCOC(=O)C1=C(C)N=c2s/c(=C\c3cc(Br)c(OC(C)C)c([N+](=O)[O-])c3)c(=O)n2[C@@H]1c1ccc(C)cc1. The van der Waals surface area contributed by atoms with Crippen LogP contribution in [0.4, 0.5) is 5.69 Å². The van der Waals surface area contributed by atoms with Crippen LogP contribution in [-0.2, 0) is 9.53 Å². The number of fused-ring (bicyclic) bond motifs is 1. The molecular formula is C27H26BrN3O6S. The summed E-state index contributed by atoms with van der Waals surface area (Å²) < 4.78 is 13.2. The maximum atomic E-state index is 13.8. The minimum absolute atomic E-state index is 0.123. The average Bonchev–Trinajstić information content (AvgIpc) is 3.14. The summed E-state index contributed by atoms with van der Waals surface area (Å²) in [5.74, 6) is -0.411. The van der Waals surface area contributed by atoms with Crippen molar-refractivity contribution in [3.05, 3.63) is 98.6 Å². The molecule has 0 aliphatic carbocycles. The van der Waals surface area contributed by atoms with Crippen molar-refractivity contribution in [2.24, 2.45) is 4.99 Å². The van der Waals surface area contributed by atoms with Crippen LogP contribution >= 0.6 is 27.3 Å². The van der Waals surface area contributed by atoms with Gasteiger partial charge < -0.3 is 9.47 Å². The number of carbonyl (C=O) groups excluding carboxylic acids is 1. The quantitative estimate of drug-likeness (QED) is 0.223. The first kappa shape index (κ1) is 27.5. The highest BCUT2D eigenvalue weighted by Crippen LogP contribution is 2.37. The number of nitro benzene ring substituents is 1. The van der Waals surface area contributed by atoms with Gasteiger partial charge in [-0.15, -0.1) is 0 Å². The van der Waals surface area contributed by atoms with E-state index in [0.717, 1.165) is 22.5 Å². The number of aromatic nitrogens is 1. The summed E-state index contributed by atoms with van der Waals surface area (Å²) in [4.78, 5) is 43.0. The molecule has 3 aromatic rings. The number of nitro groups is 1. The second-order valence-corrected chi connectivity index (χ2v) is 10.9. The molecule has 2 heterocycles. The first-order chi connectivity index (χ1) is 18.0. The number of halogens is 1. The average molecular weight is 600 g/mol. The van der Waals surface area contributed by atoms with Crippen molar-refractivity contribution in [3.63, 3.8) is 0 Å². The summed E-state index contributed by atoms with van der Waals surface area (Å²) in [5, 5.41) is 11.8.